The van der Waals surface area contributed by atoms with Crippen molar-refractivity contribution in [2.24, 2.45) is 16.7 Å². The van der Waals surface area contributed by atoms with Crippen molar-refractivity contribution in [2.75, 3.05) is 0 Å². The maximum Gasteiger partial charge on any atom is 0.310 e. The molecule has 4 heteroatoms. The molecule has 0 bridgehead atoms. The van der Waals surface area contributed by atoms with E-state index in [1.54, 1.807) is 0 Å². The van der Waals surface area contributed by atoms with Gasteiger partial charge in [-0.25, -0.2) is 0 Å². The van der Waals surface area contributed by atoms with Crippen LogP contribution in [-0.2, 0) is 9.59 Å². The summed E-state index contributed by atoms with van der Waals surface area (Å²) in [4.78, 5) is 24.8. The predicted octanol–water partition coefficient (Wildman–Crippen LogP) is 5.89. The molecule has 1 aliphatic rings. The van der Waals surface area contributed by atoms with E-state index in [0.717, 1.165) is 57.8 Å². The summed E-state index contributed by atoms with van der Waals surface area (Å²) < 4.78 is 0. The van der Waals surface area contributed by atoms with Gasteiger partial charge in [0, 0.05) is 0 Å². The van der Waals surface area contributed by atoms with Crippen LogP contribution in [0.2, 0.25) is 0 Å². The summed E-state index contributed by atoms with van der Waals surface area (Å²) in [7, 11) is 0. The minimum Gasteiger partial charge on any atom is -0.481 e. The molecule has 1 saturated carbocycles. The first kappa shape index (κ1) is 22.0. The standard InChI is InChI=1S/C21H38O4/c1-4-6-8-10-13-20(18(22)23)15-12-17(3)16-21(20,19(24)25)14-11-9-7-5-2/h17H,4-16H2,1-3H3,(H,22,23)(H,24,25). The molecule has 0 radical (unpaired) electrons. The number of hydrogen-bond donors (Lipinski definition) is 2. The topological polar surface area (TPSA) is 74.6 Å². The van der Waals surface area contributed by atoms with Gasteiger partial charge in [-0.05, 0) is 38.0 Å². The summed E-state index contributed by atoms with van der Waals surface area (Å²) in [5.74, 6) is -1.48. The highest BCUT2D eigenvalue weighted by molar-refractivity contribution is 5.87. The lowest BCUT2D eigenvalue weighted by Crippen LogP contribution is -2.56. The lowest BCUT2D eigenvalue weighted by atomic mass is 9.50. The lowest BCUT2D eigenvalue weighted by Gasteiger charge is -2.50. The van der Waals surface area contributed by atoms with Crippen LogP contribution in [0.3, 0.4) is 0 Å². The van der Waals surface area contributed by atoms with E-state index in [1.165, 1.54) is 0 Å². The molecule has 1 fully saturated rings. The number of carboxylic acid groups (broad SMARTS) is 2. The third kappa shape index (κ3) is 4.98. The van der Waals surface area contributed by atoms with Crippen molar-refractivity contribution in [1.82, 2.24) is 0 Å². The summed E-state index contributed by atoms with van der Waals surface area (Å²) in [6.45, 7) is 6.34. The fourth-order valence-corrected chi connectivity index (χ4v) is 4.85. The zero-order valence-electron chi connectivity index (χ0n) is 16.5. The van der Waals surface area contributed by atoms with E-state index in [1.807, 2.05) is 0 Å². The van der Waals surface area contributed by atoms with Gasteiger partial charge in [0.25, 0.3) is 0 Å². The molecule has 4 nitrogen and oxygen atoms in total. The maximum atomic E-state index is 12.4. The molecule has 146 valence electrons. The fraction of sp³-hybridized carbons (Fsp3) is 0.905. The van der Waals surface area contributed by atoms with Gasteiger partial charge in [-0.2, -0.15) is 0 Å². The van der Waals surface area contributed by atoms with Gasteiger partial charge in [0.1, 0.15) is 0 Å². The van der Waals surface area contributed by atoms with Crippen LogP contribution in [-0.4, -0.2) is 22.2 Å². The lowest BCUT2D eigenvalue weighted by molar-refractivity contribution is -0.185. The molecular formula is C21H38O4. The summed E-state index contributed by atoms with van der Waals surface area (Å²) in [5, 5.41) is 20.3. The van der Waals surface area contributed by atoms with Gasteiger partial charge in [-0.3, -0.25) is 9.59 Å². The molecule has 0 spiro atoms. The van der Waals surface area contributed by atoms with Gasteiger partial charge < -0.3 is 10.2 Å². The van der Waals surface area contributed by atoms with E-state index < -0.39 is 22.8 Å². The first-order valence-corrected chi connectivity index (χ1v) is 10.3. The first-order chi connectivity index (χ1) is 11.9. The third-order valence-electron chi connectivity index (χ3n) is 6.41. The van der Waals surface area contributed by atoms with Crippen molar-refractivity contribution in [3.8, 4) is 0 Å². The maximum absolute atomic E-state index is 12.4. The Kier molecular flexibility index (Phi) is 8.95. The van der Waals surface area contributed by atoms with E-state index in [9.17, 15) is 19.8 Å². The Bertz CT molecular complexity index is 434. The molecule has 0 heterocycles. The van der Waals surface area contributed by atoms with Crippen molar-refractivity contribution in [3.63, 3.8) is 0 Å². The normalized spacial score (nSPS) is 29.5. The Morgan fingerprint density at radius 3 is 1.76 bits per heavy atom. The molecule has 0 aromatic heterocycles. The van der Waals surface area contributed by atoms with Crippen LogP contribution < -0.4 is 0 Å². The van der Waals surface area contributed by atoms with E-state index in [4.69, 9.17) is 0 Å². The molecule has 0 aliphatic heterocycles. The van der Waals surface area contributed by atoms with Crippen molar-refractivity contribution < 1.29 is 19.8 Å². The van der Waals surface area contributed by atoms with Gasteiger partial charge in [0.15, 0.2) is 0 Å². The zero-order chi connectivity index (χ0) is 18.9. The number of hydrogen-bond acceptors (Lipinski definition) is 2. The van der Waals surface area contributed by atoms with Crippen LogP contribution in [0.15, 0.2) is 0 Å². The molecule has 0 amide bonds. The van der Waals surface area contributed by atoms with Crippen LogP contribution in [0, 0.1) is 16.7 Å². The van der Waals surface area contributed by atoms with Crippen molar-refractivity contribution >= 4 is 11.9 Å². The van der Waals surface area contributed by atoms with E-state index in [0.29, 0.717) is 25.7 Å². The molecule has 0 aromatic rings. The van der Waals surface area contributed by atoms with Crippen LogP contribution in [0.1, 0.15) is 104 Å². The average molecular weight is 355 g/mol. The largest absolute Gasteiger partial charge is 0.481 e. The second kappa shape index (κ2) is 10.2. The molecule has 1 aliphatic carbocycles. The van der Waals surface area contributed by atoms with Gasteiger partial charge in [0.05, 0.1) is 10.8 Å². The summed E-state index contributed by atoms with van der Waals surface area (Å²) in [5.41, 5.74) is -2.19. The molecule has 2 N–H and O–H groups in total. The summed E-state index contributed by atoms with van der Waals surface area (Å²) in [6, 6.07) is 0. The molecular weight excluding hydrogens is 316 g/mol. The number of unbranched alkanes of at least 4 members (excludes halogenated alkanes) is 6. The minimum atomic E-state index is -1.10. The quantitative estimate of drug-likeness (QED) is 0.429. The van der Waals surface area contributed by atoms with Gasteiger partial charge >= 0.3 is 11.9 Å². The van der Waals surface area contributed by atoms with Crippen molar-refractivity contribution in [2.45, 2.75) is 104 Å². The molecule has 0 saturated heterocycles. The van der Waals surface area contributed by atoms with E-state index in [-0.39, 0.29) is 5.92 Å². The Morgan fingerprint density at radius 2 is 1.32 bits per heavy atom. The SMILES string of the molecule is CCCCCCC1(C(=O)O)CCC(C)CC1(CCCCCC)C(=O)O. The molecule has 25 heavy (non-hydrogen) atoms. The fourth-order valence-electron chi connectivity index (χ4n) is 4.85. The highest BCUT2D eigenvalue weighted by Gasteiger charge is 2.62. The monoisotopic (exact) mass is 354 g/mol. The second-order valence-electron chi connectivity index (χ2n) is 8.24. The van der Waals surface area contributed by atoms with E-state index >= 15 is 0 Å². The molecule has 0 aromatic carbocycles. The first-order valence-electron chi connectivity index (χ1n) is 10.3. The Labute approximate surface area is 153 Å². The zero-order valence-corrected chi connectivity index (χ0v) is 16.5. The van der Waals surface area contributed by atoms with E-state index in [2.05, 4.69) is 20.8 Å². The number of aliphatic carboxylic acids is 2. The highest BCUT2D eigenvalue weighted by atomic mass is 16.4. The van der Waals surface area contributed by atoms with Crippen LogP contribution >= 0.6 is 0 Å². The third-order valence-corrected chi connectivity index (χ3v) is 6.41. The Balaban J connectivity index is 3.11. The highest BCUT2D eigenvalue weighted by Crippen LogP contribution is 2.58. The summed E-state index contributed by atoms with van der Waals surface area (Å²) in [6.07, 6.45) is 10.8. The predicted molar refractivity (Wildman–Crippen MR) is 101 cm³/mol. The van der Waals surface area contributed by atoms with Crippen molar-refractivity contribution in [3.05, 3.63) is 0 Å². The Morgan fingerprint density at radius 1 is 0.840 bits per heavy atom. The molecule has 3 unspecified atom stereocenters. The second-order valence-corrected chi connectivity index (χ2v) is 8.24. The molecule has 3 atom stereocenters. The van der Waals surface area contributed by atoms with Gasteiger partial charge in [-0.15, -0.1) is 0 Å². The van der Waals surface area contributed by atoms with Crippen LogP contribution in [0.5, 0.6) is 0 Å². The summed E-state index contributed by atoms with van der Waals surface area (Å²) >= 11 is 0. The smallest absolute Gasteiger partial charge is 0.310 e. The van der Waals surface area contributed by atoms with Crippen molar-refractivity contribution in [1.29, 1.82) is 0 Å². The molecule has 1 rings (SSSR count). The number of carboxylic acids is 2. The van der Waals surface area contributed by atoms with Gasteiger partial charge in [-0.1, -0.05) is 72.1 Å². The minimum absolute atomic E-state index is 0.283. The average Bonchev–Trinajstić information content (AvgIpc) is 2.56. The van der Waals surface area contributed by atoms with Gasteiger partial charge in [0.2, 0.25) is 0 Å². The number of rotatable bonds is 12. The Hall–Kier alpha value is -1.06. The van der Waals surface area contributed by atoms with Crippen LogP contribution in [0.25, 0.3) is 0 Å². The number of carbonyl (C=O) groups is 2. The van der Waals surface area contributed by atoms with Crippen LogP contribution in [0.4, 0.5) is 0 Å².